The summed E-state index contributed by atoms with van der Waals surface area (Å²) in [5.41, 5.74) is 5.10. The smallest absolute Gasteiger partial charge is 0.265 e. The van der Waals surface area contributed by atoms with Crippen LogP contribution < -0.4 is 21.9 Å². The monoisotopic (exact) mass is 528 g/mol. The third kappa shape index (κ3) is 5.54. The van der Waals surface area contributed by atoms with E-state index in [0.717, 1.165) is 32.5 Å². The van der Waals surface area contributed by atoms with Gasteiger partial charge in [0.25, 0.3) is 5.84 Å². The minimum Gasteiger partial charge on any atom is -0.265 e. The van der Waals surface area contributed by atoms with Gasteiger partial charge < -0.3 is 0 Å². The standard InChI is InChI=1S/C24H20B.C12H21N2O/c1-5-13-21(14-6-1)25(22-15-7-2-8-16-22,23-17-9-3-10-18-23)24-19-11-4-12-20-24;1-12(2,3)11(15)14-9-5-8-13-7-4-6-10(13)14/h1-20H;4-9H2,1-3H3/q-1;+1. The van der Waals surface area contributed by atoms with E-state index in [-0.39, 0.29) is 11.3 Å². The fourth-order valence-electron chi connectivity index (χ4n) is 6.56. The fourth-order valence-corrected chi connectivity index (χ4v) is 6.56. The van der Waals surface area contributed by atoms with Gasteiger partial charge >= 0.3 is 5.91 Å². The van der Waals surface area contributed by atoms with Crippen molar-refractivity contribution in [3.63, 3.8) is 0 Å². The summed E-state index contributed by atoms with van der Waals surface area (Å²) < 4.78 is 2.38. The lowest BCUT2D eigenvalue weighted by Crippen LogP contribution is -2.74. The molecule has 4 heteroatoms. The van der Waals surface area contributed by atoms with Crippen LogP contribution in [0.4, 0.5) is 0 Å². The summed E-state index contributed by atoms with van der Waals surface area (Å²) in [4.78, 5) is 14.3. The zero-order valence-corrected chi connectivity index (χ0v) is 24.2. The molecule has 1 amide bonds. The summed E-state index contributed by atoms with van der Waals surface area (Å²) in [6, 6.07) is 43.5. The Labute approximate surface area is 240 Å². The number of amides is 1. The molecule has 0 saturated heterocycles. The fraction of sp³-hybridized carbons (Fsp3) is 0.278. The van der Waals surface area contributed by atoms with Crippen molar-refractivity contribution < 1.29 is 9.37 Å². The first kappa shape index (κ1) is 27.6. The first-order valence-electron chi connectivity index (χ1n) is 14.7. The molecule has 2 aliphatic heterocycles. The van der Waals surface area contributed by atoms with Crippen LogP contribution in [0.5, 0.6) is 0 Å². The number of amidine groups is 1. The van der Waals surface area contributed by atoms with Gasteiger partial charge in [-0.2, -0.15) is 21.9 Å². The van der Waals surface area contributed by atoms with Gasteiger partial charge in [-0.3, -0.25) is 4.58 Å². The van der Waals surface area contributed by atoms with Crippen LogP contribution in [0.15, 0.2) is 121 Å². The number of hydrogen-bond acceptors (Lipinski definition) is 1. The second-order valence-electron chi connectivity index (χ2n) is 12.1. The Morgan fingerprint density at radius 2 is 1.00 bits per heavy atom. The molecule has 4 aromatic rings. The van der Waals surface area contributed by atoms with Crippen LogP contribution in [0.2, 0.25) is 0 Å². The number of hydrogen-bond donors (Lipinski definition) is 0. The predicted molar refractivity (Wildman–Crippen MR) is 170 cm³/mol. The lowest BCUT2D eigenvalue weighted by molar-refractivity contribution is -0.529. The maximum Gasteiger partial charge on any atom is 0.314 e. The molecule has 204 valence electrons. The summed E-state index contributed by atoms with van der Waals surface area (Å²) in [6.07, 6.45) is 2.20. The SMILES string of the molecule is CC(C)(C)C(=O)N1CCC[N+]2=C1CCC2.c1ccc([B-](c2ccccc2)(c2ccccc2)c2ccccc2)cc1. The van der Waals surface area contributed by atoms with E-state index in [1.54, 1.807) is 0 Å². The highest BCUT2D eigenvalue weighted by atomic mass is 16.2. The normalized spacial score (nSPS) is 15.2. The quantitative estimate of drug-likeness (QED) is 0.282. The molecule has 2 aliphatic rings. The minimum atomic E-state index is -1.22. The van der Waals surface area contributed by atoms with Crippen molar-refractivity contribution in [3.8, 4) is 0 Å². The van der Waals surface area contributed by atoms with Crippen molar-refractivity contribution in [2.75, 3.05) is 19.6 Å². The summed E-state index contributed by atoms with van der Waals surface area (Å²) in [7, 11) is 0. The molecule has 0 radical (unpaired) electrons. The summed E-state index contributed by atoms with van der Waals surface area (Å²) in [6.45, 7) is 9.21. The van der Waals surface area contributed by atoms with E-state index >= 15 is 0 Å². The second-order valence-corrected chi connectivity index (χ2v) is 12.1. The zero-order valence-electron chi connectivity index (χ0n) is 24.2. The Balaban J connectivity index is 0.000000184. The molecule has 0 aromatic heterocycles. The van der Waals surface area contributed by atoms with E-state index in [4.69, 9.17) is 0 Å². The molecule has 0 fully saturated rings. The predicted octanol–water partition coefficient (Wildman–Crippen LogP) is 4.53. The Morgan fingerprint density at radius 1 is 0.625 bits per heavy atom. The van der Waals surface area contributed by atoms with Gasteiger partial charge in [0.1, 0.15) is 6.15 Å². The molecule has 0 unspecified atom stereocenters. The number of nitrogens with zero attached hydrogens (tertiary/aromatic N) is 2. The Morgan fingerprint density at radius 3 is 1.38 bits per heavy atom. The third-order valence-electron chi connectivity index (χ3n) is 8.40. The maximum atomic E-state index is 12.2. The van der Waals surface area contributed by atoms with Gasteiger partial charge in [0.05, 0.1) is 31.5 Å². The lowest BCUT2D eigenvalue weighted by Gasteiger charge is -2.44. The molecule has 0 bridgehead atoms. The van der Waals surface area contributed by atoms with Crippen LogP contribution >= 0.6 is 0 Å². The first-order chi connectivity index (χ1) is 19.4. The lowest BCUT2D eigenvalue weighted by atomic mass is 9.13. The topological polar surface area (TPSA) is 23.3 Å². The Hall–Kier alpha value is -3.92. The van der Waals surface area contributed by atoms with Crippen molar-refractivity contribution in [2.45, 2.75) is 40.0 Å². The molecular formula is C36H41BN2O. The number of carbonyl (C=O) groups is 1. The highest BCUT2D eigenvalue weighted by molar-refractivity contribution is 7.19. The summed E-state index contributed by atoms with van der Waals surface area (Å²) in [5, 5.41) is 0. The van der Waals surface area contributed by atoms with Crippen LogP contribution in [0.25, 0.3) is 0 Å². The Kier molecular flexibility index (Phi) is 8.35. The van der Waals surface area contributed by atoms with Crippen molar-refractivity contribution in [3.05, 3.63) is 121 Å². The van der Waals surface area contributed by atoms with E-state index < -0.39 is 6.15 Å². The van der Waals surface area contributed by atoms with E-state index in [1.165, 1.54) is 34.1 Å². The molecule has 4 aromatic carbocycles. The second kappa shape index (κ2) is 12.1. The van der Waals surface area contributed by atoms with Gasteiger partial charge in [0, 0.05) is 6.42 Å². The van der Waals surface area contributed by atoms with Gasteiger partial charge in [-0.1, -0.05) is 121 Å². The average Bonchev–Trinajstić information content (AvgIpc) is 3.49. The van der Waals surface area contributed by atoms with Crippen LogP contribution in [0.3, 0.4) is 0 Å². The molecule has 3 nitrogen and oxygen atoms in total. The molecule has 0 spiro atoms. The van der Waals surface area contributed by atoms with Gasteiger partial charge in [0.15, 0.2) is 0 Å². The van der Waals surface area contributed by atoms with Crippen LogP contribution in [0.1, 0.15) is 40.0 Å². The zero-order chi connectivity index (χ0) is 28.0. The van der Waals surface area contributed by atoms with Crippen LogP contribution in [-0.4, -0.2) is 47.0 Å². The number of benzene rings is 4. The van der Waals surface area contributed by atoms with Crippen molar-refractivity contribution in [1.82, 2.24) is 4.90 Å². The molecule has 0 atom stereocenters. The number of rotatable bonds is 4. The highest BCUT2D eigenvalue weighted by Crippen LogP contribution is 2.22. The molecule has 6 rings (SSSR count). The van der Waals surface area contributed by atoms with Gasteiger partial charge in [-0.15, -0.1) is 0 Å². The molecule has 2 heterocycles. The first-order valence-corrected chi connectivity index (χ1v) is 14.7. The van der Waals surface area contributed by atoms with Crippen molar-refractivity contribution in [1.29, 1.82) is 0 Å². The Bertz CT molecular complexity index is 1260. The highest BCUT2D eigenvalue weighted by Gasteiger charge is 2.40. The largest absolute Gasteiger partial charge is 0.314 e. The average molecular weight is 529 g/mol. The molecular weight excluding hydrogens is 487 g/mol. The van der Waals surface area contributed by atoms with Gasteiger partial charge in [-0.25, -0.2) is 9.69 Å². The van der Waals surface area contributed by atoms with Crippen LogP contribution in [0, 0.1) is 5.41 Å². The van der Waals surface area contributed by atoms with E-state index in [1.807, 2.05) is 25.7 Å². The van der Waals surface area contributed by atoms with Crippen LogP contribution in [-0.2, 0) is 4.79 Å². The molecule has 0 N–H and O–H groups in total. The molecule has 40 heavy (non-hydrogen) atoms. The van der Waals surface area contributed by atoms with Crippen molar-refractivity contribution >= 4 is 39.7 Å². The van der Waals surface area contributed by atoms with E-state index in [0.29, 0.717) is 0 Å². The van der Waals surface area contributed by atoms with Crippen molar-refractivity contribution in [2.24, 2.45) is 5.41 Å². The van der Waals surface area contributed by atoms with Gasteiger partial charge in [0.2, 0.25) is 0 Å². The summed E-state index contributed by atoms with van der Waals surface area (Å²) >= 11 is 0. The van der Waals surface area contributed by atoms with E-state index in [9.17, 15) is 4.79 Å². The van der Waals surface area contributed by atoms with Gasteiger partial charge in [-0.05, 0) is 27.2 Å². The minimum absolute atomic E-state index is 0.251. The van der Waals surface area contributed by atoms with E-state index in [2.05, 4.69) is 126 Å². The molecule has 0 aliphatic carbocycles. The number of carbonyl (C=O) groups excluding carboxylic acids is 1. The maximum absolute atomic E-state index is 12.2. The third-order valence-corrected chi connectivity index (χ3v) is 8.40. The molecule has 0 saturated carbocycles. The summed E-state index contributed by atoms with van der Waals surface area (Å²) in [5.74, 6) is 1.56.